The molecule has 1 saturated carbocycles. The monoisotopic (exact) mass is 270 g/mol. The third-order valence-electron chi connectivity index (χ3n) is 3.08. The summed E-state index contributed by atoms with van der Waals surface area (Å²) in [6, 6.07) is 3.92. The highest BCUT2D eigenvalue weighted by atomic mass is 79.9. The molecule has 3 nitrogen and oxygen atoms in total. The molecule has 1 fully saturated rings. The molecule has 0 spiro atoms. The number of pyridine rings is 1. The van der Waals surface area contributed by atoms with Gasteiger partial charge in [-0.2, -0.15) is 0 Å². The molecular weight excluding hydrogens is 256 g/mol. The lowest BCUT2D eigenvalue weighted by Crippen LogP contribution is -2.42. The molecule has 0 unspecified atom stereocenters. The Balaban J connectivity index is 2.18. The molecule has 0 aliphatic heterocycles. The van der Waals surface area contributed by atoms with Gasteiger partial charge in [-0.05, 0) is 53.7 Å². The highest BCUT2D eigenvalue weighted by molar-refractivity contribution is 9.10. The topological polar surface area (TPSA) is 59.1 Å². The van der Waals surface area contributed by atoms with E-state index < -0.39 is 0 Å². The van der Waals surface area contributed by atoms with Crippen molar-refractivity contribution < 1.29 is 5.11 Å². The van der Waals surface area contributed by atoms with Gasteiger partial charge in [-0.1, -0.05) is 0 Å². The van der Waals surface area contributed by atoms with Gasteiger partial charge in [0, 0.05) is 10.7 Å². The predicted molar refractivity (Wildman–Crippen MR) is 62.3 cm³/mol. The zero-order chi connectivity index (χ0) is 10.9. The Morgan fingerprint density at radius 1 is 1.40 bits per heavy atom. The molecule has 0 saturated heterocycles. The normalized spacial score (nSPS) is 31.5. The number of aromatic nitrogens is 1. The quantitative estimate of drug-likeness (QED) is 0.820. The van der Waals surface area contributed by atoms with Crippen molar-refractivity contribution in [3.63, 3.8) is 0 Å². The van der Waals surface area contributed by atoms with E-state index >= 15 is 0 Å². The van der Waals surface area contributed by atoms with E-state index in [2.05, 4.69) is 20.9 Å². The van der Waals surface area contributed by atoms with Crippen LogP contribution in [0.25, 0.3) is 0 Å². The number of nitrogens with zero attached hydrogens (tertiary/aromatic N) is 1. The van der Waals surface area contributed by atoms with Gasteiger partial charge in [-0.3, -0.25) is 4.98 Å². The van der Waals surface area contributed by atoms with Crippen LogP contribution < -0.4 is 5.73 Å². The summed E-state index contributed by atoms with van der Waals surface area (Å²) in [4.78, 5) is 4.35. The fourth-order valence-corrected chi connectivity index (χ4v) is 2.28. The summed E-state index contributed by atoms with van der Waals surface area (Å²) in [5.74, 6) is 0. The Morgan fingerprint density at radius 3 is 2.60 bits per heavy atom. The van der Waals surface area contributed by atoms with E-state index in [-0.39, 0.29) is 11.6 Å². The Bertz CT molecular complexity index is 331. The first-order valence-corrected chi connectivity index (χ1v) is 5.98. The zero-order valence-corrected chi connectivity index (χ0v) is 10.1. The smallest absolute Gasteiger partial charge is 0.0603 e. The minimum absolute atomic E-state index is 0.183. The molecule has 0 atom stereocenters. The van der Waals surface area contributed by atoms with Crippen molar-refractivity contribution in [3.8, 4) is 0 Å². The Labute approximate surface area is 97.8 Å². The number of nitrogens with two attached hydrogens (primary N) is 1. The lowest BCUT2D eigenvalue weighted by molar-refractivity contribution is 0.0956. The van der Waals surface area contributed by atoms with E-state index in [1.807, 2.05) is 12.1 Å². The number of rotatable bonds is 1. The van der Waals surface area contributed by atoms with Crippen molar-refractivity contribution in [3.05, 3.63) is 28.5 Å². The standard InChI is InChI=1S/C11H15BrN2O/c12-8-1-2-10(14-7-8)11(13)5-3-9(15)4-6-11/h1-2,7,9,15H,3-6,13H2. The van der Waals surface area contributed by atoms with Crippen LogP contribution in [-0.4, -0.2) is 16.2 Å². The average molecular weight is 271 g/mol. The van der Waals surface area contributed by atoms with Crippen molar-refractivity contribution in [1.29, 1.82) is 0 Å². The van der Waals surface area contributed by atoms with Crippen LogP contribution in [0.5, 0.6) is 0 Å². The van der Waals surface area contributed by atoms with Gasteiger partial charge in [-0.25, -0.2) is 0 Å². The summed E-state index contributed by atoms with van der Waals surface area (Å²) >= 11 is 3.35. The van der Waals surface area contributed by atoms with Gasteiger partial charge < -0.3 is 10.8 Å². The lowest BCUT2D eigenvalue weighted by Gasteiger charge is -2.34. The fourth-order valence-electron chi connectivity index (χ4n) is 2.04. The van der Waals surface area contributed by atoms with E-state index in [1.165, 1.54) is 0 Å². The molecule has 4 heteroatoms. The Kier molecular flexibility index (Phi) is 3.09. The molecule has 1 aromatic rings. The van der Waals surface area contributed by atoms with Gasteiger partial charge in [0.2, 0.25) is 0 Å². The first-order valence-electron chi connectivity index (χ1n) is 5.19. The van der Waals surface area contributed by atoms with Gasteiger partial charge in [0.1, 0.15) is 0 Å². The van der Waals surface area contributed by atoms with E-state index in [1.54, 1.807) is 6.20 Å². The maximum Gasteiger partial charge on any atom is 0.0603 e. The maximum absolute atomic E-state index is 9.45. The van der Waals surface area contributed by atoms with Crippen LogP contribution in [0, 0.1) is 0 Å². The summed E-state index contributed by atoms with van der Waals surface area (Å²) in [5.41, 5.74) is 6.88. The summed E-state index contributed by atoms with van der Waals surface area (Å²) in [5, 5.41) is 9.45. The van der Waals surface area contributed by atoms with E-state index in [4.69, 9.17) is 5.73 Å². The third kappa shape index (κ3) is 2.38. The highest BCUT2D eigenvalue weighted by Gasteiger charge is 2.33. The van der Waals surface area contributed by atoms with Crippen LogP contribution in [-0.2, 0) is 5.54 Å². The average Bonchev–Trinajstić information content (AvgIpc) is 2.24. The summed E-state index contributed by atoms with van der Waals surface area (Å²) in [7, 11) is 0. The largest absolute Gasteiger partial charge is 0.393 e. The second kappa shape index (κ2) is 4.20. The maximum atomic E-state index is 9.45. The van der Waals surface area contributed by atoms with Gasteiger partial charge in [-0.15, -0.1) is 0 Å². The second-order valence-electron chi connectivity index (χ2n) is 4.25. The molecule has 1 aromatic heterocycles. The van der Waals surface area contributed by atoms with Crippen LogP contribution in [0.3, 0.4) is 0 Å². The fraction of sp³-hybridized carbons (Fsp3) is 0.545. The molecule has 0 bridgehead atoms. The van der Waals surface area contributed by atoms with E-state index in [9.17, 15) is 5.11 Å². The highest BCUT2D eigenvalue weighted by Crippen LogP contribution is 2.34. The van der Waals surface area contributed by atoms with Gasteiger partial charge >= 0.3 is 0 Å². The molecule has 3 N–H and O–H groups in total. The lowest BCUT2D eigenvalue weighted by atomic mass is 9.79. The molecule has 0 radical (unpaired) electrons. The van der Waals surface area contributed by atoms with Crippen LogP contribution in [0.2, 0.25) is 0 Å². The summed E-state index contributed by atoms with van der Waals surface area (Å²) in [6.45, 7) is 0. The molecule has 15 heavy (non-hydrogen) atoms. The number of aliphatic hydroxyl groups is 1. The molecule has 0 aromatic carbocycles. The summed E-state index contributed by atoms with van der Waals surface area (Å²) in [6.07, 6.45) is 4.75. The van der Waals surface area contributed by atoms with Crippen molar-refractivity contribution in [1.82, 2.24) is 4.98 Å². The van der Waals surface area contributed by atoms with Crippen molar-refractivity contribution in [2.75, 3.05) is 0 Å². The SMILES string of the molecule is NC1(c2ccc(Br)cn2)CCC(O)CC1. The molecule has 1 aliphatic rings. The van der Waals surface area contributed by atoms with Gasteiger partial charge in [0.25, 0.3) is 0 Å². The minimum atomic E-state index is -0.347. The van der Waals surface area contributed by atoms with Crippen LogP contribution >= 0.6 is 15.9 Å². The molecule has 1 aliphatic carbocycles. The van der Waals surface area contributed by atoms with Gasteiger partial charge in [0.05, 0.1) is 17.3 Å². The predicted octanol–water partition coefficient (Wildman–Crippen LogP) is 1.93. The van der Waals surface area contributed by atoms with Crippen LogP contribution in [0.4, 0.5) is 0 Å². The van der Waals surface area contributed by atoms with Crippen molar-refractivity contribution in [2.45, 2.75) is 37.3 Å². The molecule has 1 heterocycles. The van der Waals surface area contributed by atoms with Crippen molar-refractivity contribution in [2.24, 2.45) is 5.73 Å². The zero-order valence-electron chi connectivity index (χ0n) is 8.49. The van der Waals surface area contributed by atoms with Crippen LogP contribution in [0.15, 0.2) is 22.8 Å². The molecule has 82 valence electrons. The Hall–Kier alpha value is -0.450. The van der Waals surface area contributed by atoms with Gasteiger partial charge in [0.15, 0.2) is 0 Å². The number of aliphatic hydroxyl groups excluding tert-OH is 1. The minimum Gasteiger partial charge on any atom is -0.393 e. The number of hydrogen-bond acceptors (Lipinski definition) is 3. The van der Waals surface area contributed by atoms with E-state index in [0.717, 1.165) is 35.8 Å². The first kappa shape index (κ1) is 11.0. The van der Waals surface area contributed by atoms with Crippen molar-refractivity contribution >= 4 is 15.9 Å². The molecule has 2 rings (SSSR count). The molecule has 0 amide bonds. The third-order valence-corrected chi connectivity index (χ3v) is 3.55. The second-order valence-corrected chi connectivity index (χ2v) is 5.16. The summed E-state index contributed by atoms with van der Waals surface area (Å²) < 4.78 is 0.964. The molecular formula is C11H15BrN2O. The first-order chi connectivity index (χ1) is 7.10. The van der Waals surface area contributed by atoms with Crippen LogP contribution in [0.1, 0.15) is 31.4 Å². The number of hydrogen-bond donors (Lipinski definition) is 2. The van der Waals surface area contributed by atoms with E-state index in [0.29, 0.717) is 0 Å². The Morgan fingerprint density at radius 2 is 2.07 bits per heavy atom. The number of halogens is 1.